The topological polar surface area (TPSA) is 80.8 Å². The molecule has 0 spiro atoms. The molecule has 1 saturated heterocycles. The Labute approximate surface area is 183 Å². The Balaban J connectivity index is 1.51. The zero-order valence-electron chi connectivity index (χ0n) is 19.1. The molecule has 2 aliphatic rings. The molecule has 7 nitrogen and oxygen atoms in total. The third-order valence-electron chi connectivity index (χ3n) is 5.51. The largest absolute Gasteiger partial charge is 0.476 e. The highest BCUT2D eigenvalue weighted by molar-refractivity contribution is 5.82. The minimum atomic E-state index is -1.36. The number of hydrogen-bond acceptors (Lipinski definition) is 5. The summed E-state index contributed by atoms with van der Waals surface area (Å²) in [6.07, 6.45) is 2.38. The Bertz CT molecular complexity index is 804. The van der Waals surface area contributed by atoms with Crippen LogP contribution in [0.1, 0.15) is 65.4 Å². The molecule has 1 saturated carbocycles. The van der Waals surface area contributed by atoms with Gasteiger partial charge in [-0.05, 0) is 65.9 Å². The Kier molecular flexibility index (Phi) is 6.76. The molecule has 1 aliphatic carbocycles. The molecule has 2 amide bonds. The third kappa shape index (κ3) is 6.31. The normalized spacial score (nSPS) is 22.1. The maximum absolute atomic E-state index is 14.7. The molecular formula is C23H34FN3O4. The number of piperidine rings is 1. The van der Waals surface area contributed by atoms with Crippen molar-refractivity contribution in [3.8, 4) is 5.88 Å². The van der Waals surface area contributed by atoms with Gasteiger partial charge >= 0.3 is 6.09 Å². The van der Waals surface area contributed by atoms with Gasteiger partial charge in [0.1, 0.15) is 18.4 Å². The minimum Gasteiger partial charge on any atom is -0.476 e. The highest BCUT2D eigenvalue weighted by Gasteiger charge is 2.38. The van der Waals surface area contributed by atoms with Crippen LogP contribution in [0.4, 0.5) is 9.18 Å². The summed E-state index contributed by atoms with van der Waals surface area (Å²) in [5, 5.41) is 2.81. The summed E-state index contributed by atoms with van der Waals surface area (Å²) in [4.78, 5) is 30.7. The van der Waals surface area contributed by atoms with E-state index in [9.17, 15) is 14.0 Å². The van der Waals surface area contributed by atoms with E-state index in [0.717, 1.165) is 18.4 Å². The van der Waals surface area contributed by atoms with Gasteiger partial charge in [0.25, 0.3) is 0 Å². The number of hydrogen-bond donors (Lipinski definition) is 1. The second-order valence-electron chi connectivity index (χ2n) is 10.2. The lowest BCUT2D eigenvalue weighted by Gasteiger charge is -2.37. The van der Waals surface area contributed by atoms with Crippen LogP contribution in [0.25, 0.3) is 0 Å². The first-order valence-corrected chi connectivity index (χ1v) is 11.0. The van der Waals surface area contributed by atoms with Crippen LogP contribution in [0, 0.1) is 5.41 Å². The van der Waals surface area contributed by atoms with Gasteiger partial charge in [-0.2, -0.15) is 0 Å². The lowest BCUT2D eigenvalue weighted by atomic mass is 9.92. The molecule has 0 unspecified atom stereocenters. The van der Waals surface area contributed by atoms with E-state index in [2.05, 4.69) is 10.3 Å². The van der Waals surface area contributed by atoms with Gasteiger partial charge in [0.2, 0.25) is 11.8 Å². The van der Waals surface area contributed by atoms with Crippen LogP contribution in [0.2, 0.25) is 0 Å². The number of pyridine rings is 1. The molecule has 1 aromatic rings. The van der Waals surface area contributed by atoms with Crippen LogP contribution >= 0.6 is 0 Å². The van der Waals surface area contributed by atoms with Crippen LogP contribution in [0.3, 0.4) is 0 Å². The van der Waals surface area contributed by atoms with Crippen molar-refractivity contribution in [2.24, 2.45) is 5.41 Å². The number of ether oxygens (including phenoxy) is 2. The molecule has 2 atom stereocenters. The number of halogens is 1. The molecule has 172 valence electrons. The van der Waals surface area contributed by atoms with Crippen molar-refractivity contribution in [1.82, 2.24) is 15.2 Å². The molecule has 31 heavy (non-hydrogen) atoms. The molecule has 0 bridgehead atoms. The van der Waals surface area contributed by atoms with Crippen LogP contribution in [-0.2, 0) is 9.53 Å². The van der Waals surface area contributed by atoms with Gasteiger partial charge in [0.15, 0.2) is 0 Å². The van der Waals surface area contributed by atoms with E-state index in [1.165, 1.54) is 4.90 Å². The lowest BCUT2D eigenvalue weighted by Crippen LogP contribution is -2.56. The van der Waals surface area contributed by atoms with Crippen molar-refractivity contribution in [1.29, 1.82) is 0 Å². The standard InChI is InChI=1S/C23H34FN3O4/c1-22(2,3)31-21(29)27-12-10-18(17(24)13-27)26-20(28)23(4,5)14-30-19-16(15-8-9-15)7-6-11-25-19/h6-7,11,15,17-18H,8-10,12-14H2,1-5H3,(H,26,28)/t17-,18-/m0/s1. The van der Waals surface area contributed by atoms with Gasteiger partial charge in [0.05, 0.1) is 18.0 Å². The zero-order chi connectivity index (χ0) is 22.8. The lowest BCUT2D eigenvalue weighted by molar-refractivity contribution is -0.132. The van der Waals surface area contributed by atoms with Gasteiger partial charge < -0.3 is 19.7 Å². The van der Waals surface area contributed by atoms with Crippen LogP contribution in [0.15, 0.2) is 18.3 Å². The maximum Gasteiger partial charge on any atom is 0.410 e. The van der Waals surface area contributed by atoms with Crippen molar-refractivity contribution < 1.29 is 23.5 Å². The van der Waals surface area contributed by atoms with E-state index in [1.54, 1.807) is 40.8 Å². The fraction of sp³-hybridized carbons (Fsp3) is 0.696. The number of nitrogens with zero attached hydrogens (tertiary/aromatic N) is 2. The number of likely N-dealkylation sites (tertiary alicyclic amines) is 1. The molecule has 3 rings (SSSR count). The predicted molar refractivity (Wildman–Crippen MR) is 115 cm³/mol. The van der Waals surface area contributed by atoms with Crippen molar-refractivity contribution in [2.75, 3.05) is 19.7 Å². The highest BCUT2D eigenvalue weighted by atomic mass is 19.1. The maximum atomic E-state index is 14.7. The average molecular weight is 436 g/mol. The Morgan fingerprint density at radius 3 is 2.55 bits per heavy atom. The summed E-state index contributed by atoms with van der Waals surface area (Å²) >= 11 is 0. The van der Waals surface area contributed by atoms with E-state index in [-0.39, 0.29) is 19.1 Å². The molecule has 1 aliphatic heterocycles. The van der Waals surface area contributed by atoms with E-state index < -0.39 is 29.3 Å². The number of carbonyl (C=O) groups excluding carboxylic acids is 2. The molecule has 1 aromatic heterocycles. The van der Waals surface area contributed by atoms with Gasteiger partial charge in [-0.15, -0.1) is 0 Å². The number of rotatable bonds is 6. The minimum absolute atomic E-state index is 0.102. The van der Waals surface area contributed by atoms with E-state index in [4.69, 9.17) is 9.47 Å². The SMILES string of the molecule is CC(C)(C)OC(=O)N1CC[C@H](NC(=O)C(C)(C)COc2ncccc2C2CC2)[C@@H](F)C1. The van der Waals surface area contributed by atoms with Crippen molar-refractivity contribution in [3.63, 3.8) is 0 Å². The van der Waals surface area contributed by atoms with Gasteiger partial charge in [-0.1, -0.05) is 6.07 Å². The molecular weight excluding hydrogens is 401 g/mol. The molecule has 2 heterocycles. The van der Waals surface area contributed by atoms with Gasteiger partial charge in [-0.25, -0.2) is 14.2 Å². The summed E-state index contributed by atoms with van der Waals surface area (Å²) < 4.78 is 25.9. The second kappa shape index (κ2) is 9.01. The van der Waals surface area contributed by atoms with Crippen molar-refractivity contribution in [3.05, 3.63) is 23.9 Å². The van der Waals surface area contributed by atoms with Crippen LogP contribution < -0.4 is 10.1 Å². The molecule has 0 radical (unpaired) electrons. The zero-order valence-corrected chi connectivity index (χ0v) is 19.1. The molecule has 1 N–H and O–H groups in total. The summed E-state index contributed by atoms with van der Waals surface area (Å²) in [7, 11) is 0. The smallest absolute Gasteiger partial charge is 0.410 e. The number of aromatic nitrogens is 1. The summed E-state index contributed by atoms with van der Waals surface area (Å²) in [5.74, 6) is 0.776. The third-order valence-corrected chi connectivity index (χ3v) is 5.51. The Morgan fingerprint density at radius 2 is 1.94 bits per heavy atom. The van der Waals surface area contributed by atoms with Gasteiger partial charge in [0, 0.05) is 18.3 Å². The first-order chi connectivity index (χ1) is 14.5. The molecule has 0 aromatic carbocycles. The molecule has 8 heteroatoms. The Morgan fingerprint density at radius 1 is 1.23 bits per heavy atom. The number of amides is 2. The van der Waals surface area contributed by atoms with E-state index >= 15 is 0 Å². The van der Waals surface area contributed by atoms with Crippen LogP contribution in [-0.4, -0.2) is 59.4 Å². The quantitative estimate of drug-likeness (QED) is 0.735. The number of nitrogens with one attached hydrogen (secondary N) is 1. The van der Waals surface area contributed by atoms with Crippen molar-refractivity contribution in [2.45, 2.75) is 77.6 Å². The van der Waals surface area contributed by atoms with E-state index in [0.29, 0.717) is 24.8 Å². The van der Waals surface area contributed by atoms with Crippen molar-refractivity contribution >= 4 is 12.0 Å². The average Bonchev–Trinajstić information content (AvgIpc) is 3.52. The molecule has 2 fully saturated rings. The monoisotopic (exact) mass is 435 g/mol. The fourth-order valence-corrected chi connectivity index (χ4v) is 3.47. The van der Waals surface area contributed by atoms with Crippen LogP contribution in [0.5, 0.6) is 5.88 Å². The van der Waals surface area contributed by atoms with Gasteiger partial charge in [-0.3, -0.25) is 4.79 Å². The number of alkyl halides is 1. The first kappa shape index (κ1) is 23.3. The summed E-state index contributed by atoms with van der Waals surface area (Å²) in [5.41, 5.74) is -0.414. The summed E-state index contributed by atoms with van der Waals surface area (Å²) in [6.45, 7) is 9.22. The predicted octanol–water partition coefficient (Wildman–Crippen LogP) is 3.83. The highest BCUT2D eigenvalue weighted by Crippen LogP contribution is 2.43. The second-order valence-corrected chi connectivity index (χ2v) is 10.2. The van der Waals surface area contributed by atoms with E-state index in [1.807, 2.05) is 12.1 Å². The Hall–Kier alpha value is -2.38. The first-order valence-electron chi connectivity index (χ1n) is 11.0. The fourth-order valence-electron chi connectivity index (χ4n) is 3.47. The summed E-state index contributed by atoms with van der Waals surface area (Å²) in [6, 6.07) is 3.25. The number of carbonyl (C=O) groups is 2.